The van der Waals surface area contributed by atoms with Gasteiger partial charge < -0.3 is 0 Å². The van der Waals surface area contributed by atoms with Gasteiger partial charge in [0, 0.05) is 0 Å². The summed E-state index contributed by atoms with van der Waals surface area (Å²) in [6.45, 7) is 2.77. The minimum atomic E-state index is -0.164. The summed E-state index contributed by atoms with van der Waals surface area (Å²) in [6, 6.07) is 6.76. The largest absolute Gasteiger partial charge is 0.282 e. The fourth-order valence-corrected chi connectivity index (χ4v) is 2.36. The van der Waals surface area contributed by atoms with Crippen LogP contribution in [0.5, 0.6) is 0 Å². The Morgan fingerprint density at radius 3 is 3.00 bits per heavy atom. The number of thioether (sulfide) groups is 1. The van der Waals surface area contributed by atoms with E-state index in [1.54, 1.807) is 23.9 Å². The summed E-state index contributed by atoms with van der Waals surface area (Å²) in [5, 5.41) is 1.41. The predicted octanol–water partition coefficient (Wildman–Crippen LogP) is 3.03. The third-order valence-corrected chi connectivity index (χ3v) is 3.19. The summed E-state index contributed by atoms with van der Waals surface area (Å²) in [4.78, 5) is 4.28. The van der Waals surface area contributed by atoms with Gasteiger partial charge in [-0.25, -0.2) is 4.39 Å². The maximum absolute atomic E-state index is 12.9. The average molecular weight is 195 g/mol. The molecule has 0 N–H and O–H groups in total. The topological polar surface area (TPSA) is 12.4 Å². The summed E-state index contributed by atoms with van der Waals surface area (Å²) >= 11 is 1.71. The minimum Gasteiger partial charge on any atom is -0.282 e. The smallest absolute Gasteiger partial charge is 0.123 e. The molecule has 68 valence electrons. The molecule has 0 aromatic heterocycles. The van der Waals surface area contributed by atoms with Crippen LogP contribution in [0.1, 0.15) is 17.7 Å². The summed E-state index contributed by atoms with van der Waals surface area (Å²) in [7, 11) is 0. The van der Waals surface area contributed by atoms with Gasteiger partial charge in [-0.3, -0.25) is 4.99 Å². The second-order valence-electron chi connectivity index (χ2n) is 3.02. The Morgan fingerprint density at radius 2 is 2.38 bits per heavy atom. The van der Waals surface area contributed by atoms with Gasteiger partial charge in [0.1, 0.15) is 5.82 Å². The zero-order valence-electron chi connectivity index (χ0n) is 7.33. The molecular weight excluding hydrogens is 185 g/mol. The van der Waals surface area contributed by atoms with Crippen molar-refractivity contribution < 1.29 is 4.39 Å². The molecule has 1 unspecified atom stereocenters. The van der Waals surface area contributed by atoms with Crippen LogP contribution in [0.15, 0.2) is 29.3 Å². The molecule has 0 bridgehead atoms. The average Bonchev–Trinajstić information content (AvgIpc) is 2.52. The normalized spacial score (nSPS) is 21.7. The van der Waals surface area contributed by atoms with Crippen molar-refractivity contribution in [3.05, 3.63) is 35.6 Å². The number of rotatable bonds is 1. The van der Waals surface area contributed by atoms with Crippen LogP contribution in [0, 0.1) is 5.82 Å². The highest BCUT2D eigenvalue weighted by molar-refractivity contribution is 8.14. The number of hydrogen-bond acceptors (Lipinski definition) is 2. The molecule has 0 amide bonds. The Bertz CT molecular complexity index is 349. The predicted molar refractivity (Wildman–Crippen MR) is 54.7 cm³/mol. The first-order valence-corrected chi connectivity index (χ1v) is 5.07. The lowest BCUT2D eigenvalue weighted by molar-refractivity contribution is 0.625. The van der Waals surface area contributed by atoms with Gasteiger partial charge in [-0.2, -0.15) is 0 Å². The van der Waals surface area contributed by atoms with Gasteiger partial charge in [-0.05, 0) is 24.6 Å². The molecule has 2 rings (SSSR count). The molecular formula is C10H10FNS. The molecule has 13 heavy (non-hydrogen) atoms. The second kappa shape index (κ2) is 3.50. The highest BCUT2D eigenvalue weighted by Crippen LogP contribution is 2.34. The maximum atomic E-state index is 12.9. The van der Waals surface area contributed by atoms with Crippen LogP contribution in [-0.2, 0) is 0 Å². The van der Waals surface area contributed by atoms with Gasteiger partial charge in [0.05, 0.1) is 16.8 Å². The van der Waals surface area contributed by atoms with Crippen LogP contribution < -0.4 is 0 Å². The first-order valence-electron chi connectivity index (χ1n) is 4.19. The zero-order valence-corrected chi connectivity index (χ0v) is 8.14. The molecule has 0 saturated carbocycles. The van der Waals surface area contributed by atoms with Crippen molar-refractivity contribution >= 4 is 16.8 Å². The molecule has 0 saturated heterocycles. The molecule has 1 aromatic rings. The fraction of sp³-hybridized carbons (Fsp3) is 0.300. The van der Waals surface area contributed by atoms with E-state index in [4.69, 9.17) is 0 Å². The molecule has 1 heterocycles. The van der Waals surface area contributed by atoms with E-state index in [1.807, 2.05) is 13.0 Å². The van der Waals surface area contributed by atoms with Crippen molar-refractivity contribution in [3.8, 4) is 0 Å². The molecule has 0 radical (unpaired) electrons. The minimum absolute atomic E-state index is 0.164. The molecule has 1 aliphatic rings. The zero-order chi connectivity index (χ0) is 9.26. The van der Waals surface area contributed by atoms with Crippen LogP contribution in [0.3, 0.4) is 0 Å². The van der Waals surface area contributed by atoms with Gasteiger partial charge in [0.15, 0.2) is 0 Å². The van der Waals surface area contributed by atoms with E-state index in [9.17, 15) is 4.39 Å². The van der Waals surface area contributed by atoms with Crippen molar-refractivity contribution in [1.29, 1.82) is 0 Å². The summed E-state index contributed by atoms with van der Waals surface area (Å²) < 4.78 is 12.9. The van der Waals surface area contributed by atoms with Crippen molar-refractivity contribution in [2.75, 3.05) is 6.54 Å². The van der Waals surface area contributed by atoms with Crippen LogP contribution in [0.4, 0.5) is 4.39 Å². The first-order chi connectivity index (χ1) is 6.25. The van der Waals surface area contributed by atoms with Crippen molar-refractivity contribution in [1.82, 2.24) is 0 Å². The number of halogens is 1. The Hall–Kier alpha value is -0.830. The number of nitrogens with zero attached hydrogens (tertiary/aromatic N) is 1. The van der Waals surface area contributed by atoms with E-state index >= 15 is 0 Å². The standard InChI is InChI=1S/C10H10FNS/c1-7-12-6-10(13-7)8-3-2-4-9(11)5-8/h2-5,10H,6H2,1H3. The molecule has 1 atom stereocenters. The third-order valence-electron chi connectivity index (χ3n) is 2.01. The summed E-state index contributed by atoms with van der Waals surface area (Å²) in [5.74, 6) is -0.164. The van der Waals surface area contributed by atoms with Crippen LogP contribution in [0.25, 0.3) is 0 Å². The monoisotopic (exact) mass is 195 g/mol. The molecule has 1 aliphatic heterocycles. The third kappa shape index (κ3) is 1.91. The highest BCUT2D eigenvalue weighted by atomic mass is 32.2. The van der Waals surface area contributed by atoms with Gasteiger partial charge in [-0.1, -0.05) is 12.1 Å². The number of hydrogen-bond donors (Lipinski definition) is 0. The highest BCUT2D eigenvalue weighted by Gasteiger charge is 2.18. The Balaban J connectivity index is 2.18. The van der Waals surface area contributed by atoms with Gasteiger partial charge in [0.2, 0.25) is 0 Å². The number of benzene rings is 1. The Kier molecular flexibility index (Phi) is 2.36. The summed E-state index contributed by atoms with van der Waals surface area (Å²) in [6.07, 6.45) is 0. The molecule has 1 nitrogen and oxygen atoms in total. The lowest BCUT2D eigenvalue weighted by Gasteiger charge is -2.07. The second-order valence-corrected chi connectivity index (χ2v) is 4.42. The molecule has 0 fully saturated rings. The van der Waals surface area contributed by atoms with Gasteiger partial charge >= 0.3 is 0 Å². The molecule has 3 heteroatoms. The summed E-state index contributed by atoms with van der Waals surface area (Å²) in [5.41, 5.74) is 1.03. The maximum Gasteiger partial charge on any atom is 0.123 e. The van der Waals surface area contributed by atoms with E-state index in [0.717, 1.165) is 17.2 Å². The van der Waals surface area contributed by atoms with Crippen molar-refractivity contribution in [2.45, 2.75) is 12.2 Å². The SMILES string of the molecule is CC1=NCC(c2cccc(F)c2)S1. The van der Waals surface area contributed by atoms with Gasteiger partial charge in [0.25, 0.3) is 0 Å². The molecule has 0 spiro atoms. The van der Waals surface area contributed by atoms with Crippen LogP contribution >= 0.6 is 11.8 Å². The lowest BCUT2D eigenvalue weighted by atomic mass is 10.1. The van der Waals surface area contributed by atoms with Gasteiger partial charge in [-0.15, -0.1) is 11.8 Å². The molecule has 0 aliphatic carbocycles. The van der Waals surface area contributed by atoms with E-state index in [2.05, 4.69) is 4.99 Å². The van der Waals surface area contributed by atoms with Crippen molar-refractivity contribution in [2.24, 2.45) is 4.99 Å². The van der Waals surface area contributed by atoms with E-state index in [1.165, 1.54) is 6.07 Å². The van der Waals surface area contributed by atoms with Crippen LogP contribution in [0.2, 0.25) is 0 Å². The fourth-order valence-electron chi connectivity index (χ4n) is 1.37. The molecule has 1 aromatic carbocycles. The van der Waals surface area contributed by atoms with E-state index in [0.29, 0.717) is 5.25 Å². The van der Waals surface area contributed by atoms with Crippen LogP contribution in [-0.4, -0.2) is 11.6 Å². The quantitative estimate of drug-likeness (QED) is 0.671. The van der Waals surface area contributed by atoms with E-state index in [-0.39, 0.29) is 5.82 Å². The Morgan fingerprint density at radius 1 is 1.54 bits per heavy atom. The number of aliphatic imine (C=N–C) groups is 1. The lowest BCUT2D eigenvalue weighted by Crippen LogP contribution is -1.94. The van der Waals surface area contributed by atoms with Crippen molar-refractivity contribution in [3.63, 3.8) is 0 Å². The first kappa shape index (κ1) is 8.75. The van der Waals surface area contributed by atoms with E-state index < -0.39 is 0 Å². The Labute approximate surface area is 81.1 Å².